The van der Waals surface area contributed by atoms with E-state index in [0.29, 0.717) is 12.5 Å². The van der Waals surface area contributed by atoms with Crippen LogP contribution in [-0.4, -0.2) is 34.8 Å². The van der Waals surface area contributed by atoms with Gasteiger partial charge in [-0.05, 0) is 25.7 Å². The smallest absolute Gasteiger partial charge is 0.249 e. The maximum Gasteiger partial charge on any atom is 0.249 e. The maximum absolute atomic E-state index is 12.7. The number of rotatable bonds is 2. The molecule has 1 saturated carbocycles. The summed E-state index contributed by atoms with van der Waals surface area (Å²) in [5.41, 5.74) is -0.587. The van der Waals surface area contributed by atoms with E-state index >= 15 is 0 Å². The maximum atomic E-state index is 12.7. The van der Waals surface area contributed by atoms with Gasteiger partial charge in [0.1, 0.15) is 11.6 Å². The first-order valence-electron chi connectivity index (χ1n) is 7.09. The zero-order valence-electron chi connectivity index (χ0n) is 11.7. The van der Waals surface area contributed by atoms with Crippen molar-refractivity contribution < 1.29 is 9.59 Å². The molecule has 1 N–H and O–H groups in total. The first-order chi connectivity index (χ1) is 8.46. The molecule has 2 aliphatic rings. The third-order valence-electron chi connectivity index (χ3n) is 4.15. The summed E-state index contributed by atoms with van der Waals surface area (Å²) in [5.74, 6) is 0.545. The van der Waals surface area contributed by atoms with Crippen molar-refractivity contribution in [3.8, 4) is 0 Å². The molecule has 1 saturated heterocycles. The molecule has 18 heavy (non-hydrogen) atoms. The number of hydrogen-bond acceptors (Lipinski definition) is 2. The molecular weight excluding hydrogens is 228 g/mol. The second kappa shape index (κ2) is 4.90. The summed E-state index contributed by atoms with van der Waals surface area (Å²) >= 11 is 0. The zero-order chi connectivity index (χ0) is 13.3. The lowest BCUT2D eigenvalue weighted by molar-refractivity contribution is -0.156. The standard InChI is InChI=1S/C14H24N2O2/c1-10(2)9-16-11(3)12(17)15-14(13(16)18)7-5-4-6-8-14/h10-11H,4-9H2,1-3H3,(H,15,17). The summed E-state index contributed by atoms with van der Waals surface area (Å²) < 4.78 is 0. The fraction of sp³-hybridized carbons (Fsp3) is 0.857. The largest absolute Gasteiger partial charge is 0.340 e. The molecule has 0 aromatic heterocycles. The van der Waals surface area contributed by atoms with Gasteiger partial charge >= 0.3 is 0 Å². The van der Waals surface area contributed by atoms with Gasteiger partial charge in [-0.2, -0.15) is 0 Å². The minimum Gasteiger partial charge on any atom is -0.340 e. The van der Waals surface area contributed by atoms with Crippen LogP contribution in [-0.2, 0) is 9.59 Å². The highest BCUT2D eigenvalue weighted by Crippen LogP contribution is 2.33. The molecule has 102 valence electrons. The quantitative estimate of drug-likeness (QED) is 0.813. The Balaban J connectivity index is 2.23. The van der Waals surface area contributed by atoms with Gasteiger partial charge < -0.3 is 10.2 Å². The van der Waals surface area contributed by atoms with E-state index in [0.717, 1.165) is 25.7 Å². The fourth-order valence-electron chi connectivity index (χ4n) is 3.11. The molecule has 4 nitrogen and oxygen atoms in total. The minimum atomic E-state index is -0.587. The van der Waals surface area contributed by atoms with Gasteiger partial charge in [0.2, 0.25) is 11.8 Å². The molecule has 2 amide bonds. The molecule has 0 aromatic rings. The van der Waals surface area contributed by atoms with Crippen LogP contribution < -0.4 is 5.32 Å². The molecule has 2 rings (SSSR count). The summed E-state index contributed by atoms with van der Waals surface area (Å²) in [6, 6.07) is -0.326. The van der Waals surface area contributed by atoms with Gasteiger partial charge in [0.05, 0.1) is 0 Å². The summed E-state index contributed by atoms with van der Waals surface area (Å²) in [5, 5.41) is 3.00. The van der Waals surface area contributed by atoms with Gasteiger partial charge in [-0.25, -0.2) is 0 Å². The Bertz CT molecular complexity index is 346. The summed E-state index contributed by atoms with van der Waals surface area (Å²) in [4.78, 5) is 26.6. The first kappa shape index (κ1) is 13.4. The van der Waals surface area contributed by atoms with Gasteiger partial charge in [0.25, 0.3) is 0 Å². The molecule has 1 aliphatic carbocycles. The van der Waals surface area contributed by atoms with E-state index in [1.165, 1.54) is 6.42 Å². The van der Waals surface area contributed by atoms with E-state index in [-0.39, 0.29) is 17.9 Å². The van der Waals surface area contributed by atoms with Crippen molar-refractivity contribution in [2.24, 2.45) is 5.92 Å². The number of nitrogens with zero attached hydrogens (tertiary/aromatic N) is 1. The van der Waals surface area contributed by atoms with Crippen molar-refractivity contribution >= 4 is 11.8 Å². The average molecular weight is 252 g/mol. The van der Waals surface area contributed by atoms with E-state index in [2.05, 4.69) is 19.2 Å². The van der Waals surface area contributed by atoms with Gasteiger partial charge in [0.15, 0.2) is 0 Å². The Morgan fingerprint density at radius 3 is 2.44 bits per heavy atom. The molecule has 1 spiro atoms. The lowest BCUT2D eigenvalue weighted by Crippen LogP contribution is -2.70. The summed E-state index contributed by atoms with van der Waals surface area (Å²) in [6.45, 7) is 6.67. The number of carbonyl (C=O) groups is 2. The van der Waals surface area contributed by atoms with Crippen LogP contribution in [0.2, 0.25) is 0 Å². The Morgan fingerprint density at radius 2 is 1.89 bits per heavy atom. The Labute approximate surface area is 109 Å². The molecule has 0 radical (unpaired) electrons. The minimum absolute atomic E-state index is 0.0113. The number of piperazine rings is 1. The van der Waals surface area contributed by atoms with Crippen LogP contribution in [0.15, 0.2) is 0 Å². The zero-order valence-corrected chi connectivity index (χ0v) is 11.7. The molecule has 0 bridgehead atoms. The highest BCUT2D eigenvalue weighted by Gasteiger charge is 2.49. The molecular formula is C14H24N2O2. The van der Waals surface area contributed by atoms with Gasteiger partial charge in [-0.15, -0.1) is 0 Å². The van der Waals surface area contributed by atoms with Crippen molar-refractivity contribution in [3.05, 3.63) is 0 Å². The highest BCUT2D eigenvalue weighted by molar-refractivity contribution is 5.99. The number of nitrogens with one attached hydrogen (secondary N) is 1. The predicted molar refractivity (Wildman–Crippen MR) is 70.0 cm³/mol. The molecule has 1 atom stereocenters. The van der Waals surface area contributed by atoms with E-state index in [1.54, 1.807) is 4.90 Å². The second-order valence-corrected chi connectivity index (χ2v) is 6.16. The third kappa shape index (κ3) is 2.25. The topological polar surface area (TPSA) is 49.4 Å². The number of amides is 2. The highest BCUT2D eigenvalue weighted by atomic mass is 16.2. The summed E-state index contributed by atoms with van der Waals surface area (Å²) in [7, 11) is 0. The van der Waals surface area contributed by atoms with Crippen molar-refractivity contribution in [1.82, 2.24) is 10.2 Å². The number of hydrogen-bond donors (Lipinski definition) is 1. The van der Waals surface area contributed by atoms with E-state index in [1.807, 2.05) is 6.92 Å². The normalized spacial score (nSPS) is 27.8. The predicted octanol–water partition coefficient (Wildman–Crippen LogP) is 1.69. The van der Waals surface area contributed by atoms with E-state index < -0.39 is 5.54 Å². The van der Waals surface area contributed by atoms with Crippen LogP contribution in [0.3, 0.4) is 0 Å². The van der Waals surface area contributed by atoms with Crippen molar-refractivity contribution in [2.45, 2.75) is 64.5 Å². The first-order valence-corrected chi connectivity index (χ1v) is 7.09. The lowest BCUT2D eigenvalue weighted by atomic mass is 9.78. The molecule has 4 heteroatoms. The van der Waals surface area contributed by atoms with Gasteiger partial charge in [-0.1, -0.05) is 33.1 Å². The van der Waals surface area contributed by atoms with Crippen molar-refractivity contribution in [2.75, 3.05) is 6.54 Å². The Hall–Kier alpha value is -1.06. The second-order valence-electron chi connectivity index (χ2n) is 6.16. The van der Waals surface area contributed by atoms with Crippen LogP contribution in [0.4, 0.5) is 0 Å². The molecule has 2 fully saturated rings. The number of carbonyl (C=O) groups excluding carboxylic acids is 2. The third-order valence-corrected chi connectivity index (χ3v) is 4.15. The van der Waals surface area contributed by atoms with Crippen molar-refractivity contribution in [1.29, 1.82) is 0 Å². The lowest BCUT2D eigenvalue weighted by Gasteiger charge is -2.47. The average Bonchev–Trinajstić information content (AvgIpc) is 2.33. The van der Waals surface area contributed by atoms with E-state index in [4.69, 9.17) is 0 Å². The molecule has 0 aromatic carbocycles. The van der Waals surface area contributed by atoms with E-state index in [9.17, 15) is 9.59 Å². The Kier molecular flexibility index (Phi) is 3.64. The van der Waals surface area contributed by atoms with Crippen LogP contribution in [0.1, 0.15) is 52.9 Å². The van der Waals surface area contributed by atoms with Gasteiger partial charge in [-0.3, -0.25) is 9.59 Å². The summed E-state index contributed by atoms with van der Waals surface area (Å²) in [6.07, 6.45) is 4.86. The Morgan fingerprint density at radius 1 is 1.28 bits per heavy atom. The SMILES string of the molecule is CC(C)CN1C(=O)C2(CCCCC2)NC(=O)C1C. The van der Waals surface area contributed by atoms with Crippen LogP contribution in [0, 0.1) is 5.92 Å². The van der Waals surface area contributed by atoms with Crippen LogP contribution in [0.5, 0.6) is 0 Å². The van der Waals surface area contributed by atoms with Crippen LogP contribution in [0.25, 0.3) is 0 Å². The molecule has 1 heterocycles. The molecule has 1 aliphatic heterocycles. The fourth-order valence-corrected chi connectivity index (χ4v) is 3.11. The monoisotopic (exact) mass is 252 g/mol. The van der Waals surface area contributed by atoms with Gasteiger partial charge in [0, 0.05) is 6.54 Å². The van der Waals surface area contributed by atoms with Crippen LogP contribution >= 0.6 is 0 Å². The van der Waals surface area contributed by atoms with Crippen molar-refractivity contribution in [3.63, 3.8) is 0 Å². The molecule has 1 unspecified atom stereocenters.